The minimum atomic E-state index is 1.02. The van der Waals surface area contributed by atoms with Crippen LogP contribution in [-0.4, -0.2) is 23.2 Å². The van der Waals surface area contributed by atoms with Gasteiger partial charge in [0.25, 0.3) is 0 Å². The van der Waals surface area contributed by atoms with Crippen molar-refractivity contribution in [3.8, 4) is 0 Å². The van der Waals surface area contributed by atoms with Crippen molar-refractivity contribution in [2.45, 2.75) is 6.42 Å². The van der Waals surface area contributed by atoms with Gasteiger partial charge in [-0.1, -0.05) is 0 Å². The summed E-state index contributed by atoms with van der Waals surface area (Å²) < 4.78 is 1.88. The van der Waals surface area contributed by atoms with Crippen molar-refractivity contribution in [3.05, 3.63) is 36.2 Å². The van der Waals surface area contributed by atoms with Crippen LogP contribution in [0.2, 0.25) is 0 Å². The van der Waals surface area contributed by atoms with Gasteiger partial charge in [-0.2, -0.15) is 5.10 Å². The maximum atomic E-state index is 4.14. The average Bonchev–Trinajstić information content (AvgIpc) is 2.61. The van der Waals surface area contributed by atoms with Crippen LogP contribution in [0, 0.1) is 0 Å². The molecule has 0 radical (unpaired) electrons. The zero-order valence-electron chi connectivity index (χ0n) is 7.70. The van der Waals surface area contributed by atoms with E-state index in [0.29, 0.717) is 0 Å². The van der Waals surface area contributed by atoms with Crippen LogP contribution in [0.15, 0.2) is 30.6 Å². The molecule has 0 spiro atoms. The van der Waals surface area contributed by atoms with E-state index in [2.05, 4.69) is 22.5 Å². The molecule has 13 heavy (non-hydrogen) atoms. The Morgan fingerprint density at radius 1 is 1.46 bits per heavy atom. The molecule has 0 unspecified atom stereocenters. The van der Waals surface area contributed by atoms with E-state index in [9.17, 15) is 0 Å². The van der Waals surface area contributed by atoms with Gasteiger partial charge in [0.05, 0.1) is 5.52 Å². The lowest BCUT2D eigenvalue weighted by Gasteiger charge is -2.00. The molecule has 0 aliphatic rings. The number of nitrogens with zero attached hydrogens (tertiary/aromatic N) is 2. The number of aromatic nitrogens is 2. The number of pyridine rings is 1. The van der Waals surface area contributed by atoms with E-state index in [0.717, 1.165) is 18.5 Å². The number of likely N-dealkylation sites (N-methyl/N-ethyl adjacent to an activating group) is 1. The number of hydrogen-bond donors (Lipinski definition) is 1. The minimum Gasteiger partial charge on any atom is -0.319 e. The summed E-state index contributed by atoms with van der Waals surface area (Å²) in [4.78, 5) is 0. The molecule has 0 saturated carbocycles. The normalized spacial score (nSPS) is 10.8. The van der Waals surface area contributed by atoms with Gasteiger partial charge < -0.3 is 5.32 Å². The van der Waals surface area contributed by atoms with Gasteiger partial charge in [-0.25, -0.2) is 4.52 Å². The third kappa shape index (κ3) is 1.70. The van der Waals surface area contributed by atoms with Crippen LogP contribution in [0.1, 0.15) is 5.56 Å². The van der Waals surface area contributed by atoms with Gasteiger partial charge in [-0.3, -0.25) is 0 Å². The molecule has 0 amide bonds. The van der Waals surface area contributed by atoms with Crippen molar-refractivity contribution in [1.29, 1.82) is 0 Å². The van der Waals surface area contributed by atoms with E-state index in [1.807, 2.05) is 30.0 Å². The van der Waals surface area contributed by atoms with Gasteiger partial charge in [0.1, 0.15) is 0 Å². The topological polar surface area (TPSA) is 29.3 Å². The second-order valence-electron chi connectivity index (χ2n) is 3.09. The summed E-state index contributed by atoms with van der Waals surface area (Å²) >= 11 is 0. The van der Waals surface area contributed by atoms with Crippen LogP contribution in [0.25, 0.3) is 5.52 Å². The Morgan fingerprint density at radius 3 is 3.23 bits per heavy atom. The Hall–Kier alpha value is -1.35. The maximum Gasteiger partial charge on any atom is 0.0664 e. The molecule has 2 heterocycles. The number of rotatable bonds is 3. The van der Waals surface area contributed by atoms with Crippen molar-refractivity contribution in [2.75, 3.05) is 13.6 Å². The van der Waals surface area contributed by atoms with Gasteiger partial charge in [0.15, 0.2) is 0 Å². The molecule has 0 aliphatic heterocycles. The molecule has 68 valence electrons. The third-order valence-electron chi connectivity index (χ3n) is 2.13. The summed E-state index contributed by atoms with van der Waals surface area (Å²) in [6.45, 7) is 1.02. The van der Waals surface area contributed by atoms with E-state index >= 15 is 0 Å². The second-order valence-corrected chi connectivity index (χ2v) is 3.09. The Balaban J connectivity index is 2.26. The van der Waals surface area contributed by atoms with E-state index in [4.69, 9.17) is 0 Å². The quantitative estimate of drug-likeness (QED) is 0.756. The molecular weight excluding hydrogens is 162 g/mol. The maximum absolute atomic E-state index is 4.14. The van der Waals surface area contributed by atoms with E-state index in [1.54, 1.807) is 0 Å². The summed E-state index contributed by atoms with van der Waals surface area (Å²) in [5.41, 5.74) is 2.51. The zero-order chi connectivity index (χ0) is 9.10. The monoisotopic (exact) mass is 175 g/mol. The molecule has 1 N–H and O–H groups in total. The van der Waals surface area contributed by atoms with E-state index < -0.39 is 0 Å². The SMILES string of the molecule is CNCCc1ccn2nccc2c1. The lowest BCUT2D eigenvalue weighted by atomic mass is 10.2. The zero-order valence-corrected chi connectivity index (χ0v) is 7.70. The molecule has 3 heteroatoms. The van der Waals surface area contributed by atoms with Gasteiger partial charge in [0, 0.05) is 12.4 Å². The molecule has 2 aromatic rings. The van der Waals surface area contributed by atoms with Crippen LogP contribution in [0.4, 0.5) is 0 Å². The molecule has 0 atom stereocenters. The lowest BCUT2D eigenvalue weighted by Crippen LogP contribution is -2.10. The molecule has 0 fully saturated rings. The van der Waals surface area contributed by atoms with Gasteiger partial charge in [-0.05, 0) is 43.8 Å². The first-order valence-corrected chi connectivity index (χ1v) is 4.47. The van der Waals surface area contributed by atoms with E-state index in [1.165, 1.54) is 5.56 Å². The van der Waals surface area contributed by atoms with Gasteiger partial charge in [0.2, 0.25) is 0 Å². The summed E-state index contributed by atoms with van der Waals surface area (Å²) in [7, 11) is 1.97. The molecule has 2 aromatic heterocycles. The Bertz CT molecular complexity index is 392. The minimum absolute atomic E-state index is 1.02. The van der Waals surface area contributed by atoms with Gasteiger partial charge in [-0.15, -0.1) is 0 Å². The van der Waals surface area contributed by atoms with E-state index in [-0.39, 0.29) is 0 Å². The predicted molar refractivity (Wildman–Crippen MR) is 52.8 cm³/mol. The number of nitrogens with one attached hydrogen (secondary N) is 1. The average molecular weight is 175 g/mol. The molecule has 3 nitrogen and oxygen atoms in total. The Kier molecular flexibility index (Phi) is 2.27. The van der Waals surface area contributed by atoms with Crippen molar-refractivity contribution < 1.29 is 0 Å². The van der Waals surface area contributed by atoms with Crippen molar-refractivity contribution in [2.24, 2.45) is 0 Å². The van der Waals surface area contributed by atoms with Crippen LogP contribution in [0.3, 0.4) is 0 Å². The lowest BCUT2D eigenvalue weighted by molar-refractivity contribution is 0.790. The fourth-order valence-corrected chi connectivity index (χ4v) is 1.39. The molecule has 0 bridgehead atoms. The first-order valence-electron chi connectivity index (χ1n) is 4.47. The first kappa shape index (κ1) is 8.26. The Morgan fingerprint density at radius 2 is 2.38 bits per heavy atom. The molecular formula is C10H13N3. The Labute approximate surface area is 77.4 Å². The summed E-state index contributed by atoms with van der Waals surface area (Å²) in [6, 6.07) is 6.30. The first-order chi connectivity index (χ1) is 6.40. The highest BCUT2D eigenvalue weighted by molar-refractivity contribution is 5.47. The van der Waals surface area contributed by atoms with Crippen molar-refractivity contribution in [3.63, 3.8) is 0 Å². The molecule has 2 rings (SSSR count). The highest BCUT2D eigenvalue weighted by atomic mass is 15.2. The third-order valence-corrected chi connectivity index (χ3v) is 2.13. The van der Waals surface area contributed by atoms with Crippen LogP contribution < -0.4 is 5.32 Å². The fourth-order valence-electron chi connectivity index (χ4n) is 1.39. The fraction of sp³-hybridized carbons (Fsp3) is 0.300. The predicted octanol–water partition coefficient (Wildman–Crippen LogP) is 1.10. The highest BCUT2D eigenvalue weighted by Crippen LogP contribution is 2.06. The van der Waals surface area contributed by atoms with Crippen LogP contribution in [0.5, 0.6) is 0 Å². The van der Waals surface area contributed by atoms with Crippen molar-refractivity contribution in [1.82, 2.24) is 14.9 Å². The molecule has 0 aromatic carbocycles. The highest BCUT2D eigenvalue weighted by Gasteiger charge is 1.95. The van der Waals surface area contributed by atoms with Crippen LogP contribution in [-0.2, 0) is 6.42 Å². The molecule has 0 aliphatic carbocycles. The smallest absolute Gasteiger partial charge is 0.0664 e. The summed E-state index contributed by atoms with van der Waals surface area (Å²) in [6.07, 6.45) is 4.88. The standard InChI is InChI=1S/C10H13N3/c1-11-5-2-9-4-7-13-10(8-9)3-6-12-13/h3-4,6-8,11H,2,5H2,1H3. The second kappa shape index (κ2) is 3.58. The summed E-state index contributed by atoms with van der Waals surface area (Å²) in [5.74, 6) is 0. The molecule has 0 saturated heterocycles. The number of hydrogen-bond acceptors (Lipinski definition) is 2. The summed E-state index contributed by atoms with van der Waals surface area (Å²) in [5, 5.41) is 7.28. The number of fused-ring (bicyclic) bond motifs is 1. The van der Waals surface area contributed by atoms with Crippen LogP contribution >= 0.6 is 0 Å². The largest absolute Gasteiger partial charge is 0.319 e. The van der Waals surface area contributed by atoms with Crippen molar-refractivity contribution >= 4 is 5.52 Å². The van der Waals surface area contributed by atoms with Gasteiger partial charge >= 0.3 is 0 Å².